The molecule has 9 heteroatoms. The van der Waals surface area contributed by atoms with Gasteiger partial charge >= 0.3 is 0 Å². The van der Waals surface area contributed by atoms with Crippen LogP contribution in [0.15, 0.2) is 40.9 Å². The summed E-state index contributed by atoms with van der Waals surface area (Å²) in [5.41, 5.74) is 0.547. The zero-order valence-electron chi connectivity index (χ0n) is 14.9. The minimum Gasteiger partial charge on any atom is -0.495 e. The fraction of sp³-hybridized carbons (Fsp3) is 0.278. The van der Waals surface area contributed by atoms with Gasteiger partial charge in [0.1, 0.15) is 11.6 Å². The van der Waals surface area contributed by atoms with Crippen LogP contribution < -0.4 is 10.1 Å². The van der Waals surface area contributed by atoms with Gasteiger partial charge in [-0.3, -0.25) is 4.79 Å². The van der Waals surface area contributed by atoms with Gasteiger partial charge < -0.3 is 14.6 Å². The maximum absolute atomic E-state index is 12.3. The molecule has 142 valence electrons. The Morgan fingerprint density at radius 1 is 1.37 bits per heavy atom. The predicted molar refractivity (Wildman–Crippen MR) is 110 cm³/mol. The van der Waals surface area contributed by atoms with E-state index in [9.17, 15) is 4.79 Å². The molecule has 3 rings (SSSR count). The number of methoxy groups -OCH3 is 1. The largest absolute Gasteiger partial charge is 0.495 e. The number of nitrogens with one attached hydrogen (secondary N) is 1. The molecular formula is C18H19ClN4O2S2. The SMILES string of the molecule is CCn1c(Cc2cccs2)nnc1SCC(=O)Nc1cc(Cl)ccc1OC. The molecule has 1 amide bonds. The molecule has 0 aliphatic rings. The Morgan fingerprint density at radius 3 is 2.93 bits per heavy atom. The highest BCUT2D eigenvalue weighted by molar-refractivity contribution is 7.99. The van der Waals surface area contributed by atoms with Gasteiger partial charge in [-0.1, -0.05) is 29.4 Å². The van der Waals surface area contributed by atoms with Crippen LogP contribution in [0.2, 0.25) is 5.02 Å². The zero-order chi connectivity index (χ0) is 19.2. The normalized spacial score (nSPS) is 10.8. The van der Waals surface area contributed by atoms with Gasteiger partial charge in [0, 0.05) is 22.9 Å². The van der Waals surface area contributed by atoms with Crippen LogP contribution in [0, 0.1) is 0 Å². The first-order valence-electron chi connectivity index (χ1n) is 8.31. The second-order valence-electron chi connectivity index (χ2n) is 5.58. The molecule has 1 aromatic carbocycles. The smallest absolute Gasteiger partial charge is 0.234 e. The van der Waals surface area contributed by atoms with E-state index in [-0.39, 0.29) is 11.7 Å². The monoisotopic (exact) mass is 422 g/mol. The molecule has 27 heavy (non-hydrogen) atoms. The molecule has 6 nitrogen and oxygen atoms in total. The molecule has 0 saturated heterocycles. The molecule has 0 aliphatic heterocycles. The van der Waals surface area contributed by atoms with Crippen molar-refractivity contribution in [3.63, 3.8) is 0 Å². The first kappa shape index (κ1) is 19.7. The molecule has 0 unspecified atom stereocenters. The van der Waals surface area contributed by atoms with Crippen LogP contribution in [-0.4, -0.2) is 33.5 Å². The van der Waals surface area contributed by atoms with E-state index in [1.165, 1.54) is 16.6 Å². The number of halogens is 1. The molecule has 2 aromatic heterocycles. The molecule has 0 radical (unpaired) electrons. The van der Waals surface area contributed by atoms with Crippen molar-refractivity contribution in [3.05, 3.63) is 51.4 Å². The van der Waals surface area contributed by atoms with Crippen LogP contribution >= 0.6 is 34.7 Å². The van der Waals surface area contributed by atoms with E-state index in [1.54, 1.807) is 36.6 Å². The lowest BCUT2D eigenvalue weighted by atomic mass is 10.3. The van der Waals surface area contributed by atoms with E-state index in [1.807, 2.05) is 22.9 Å². The maximum Gasteiger partial charge on any atom is 0.234 e. The highest BCUT2D eigenvalue weighted by Crippen LogP contribution is 2.28. The lowest BCUT2D eigenvalue weighted by molar-refractivity contribution is -0.113. The number of carbonyl (C=O) groups is 1. The van der Waals surface area contributed by atoms with Crippen LogP contribution in [0.4, 0.5) is 5.69 Å². The Balaban J connectivity index is 1.64. The van der Waals surface area contributed by atoms with Crippen molar-refractivity contribution in [2.75, 3.05) is 18.2 Å². The van der Waals surface area contributed by atoms with Crippen molar-refractivity contribution in [2.45, 2.75) is 25.0 Å². The Morgan fingerprint density at radius 2 is 2.22 bits per heavy atom. The predicted octanol–water partition coefficient (Wildman–Crippen LogP) is 4.34. The van der Waals surface area contributed by atoms with Gasteiger partial charge in [0.05, 0.1) is 18.6 Å². The molecular weight excluding hydrogens is 404 g/mol. The van der Waals surface area contributed by atoms with Crippen molar-refractivity contribution >= 4 is 46.3 Å². The molecule has 2 heterocycles. The second kappa shape index (κ2) is 9.25. The van der Waals surface area contributed by atoms with Crippen LogP contribution in [0.3, 0.4) is 0 Å². The second-order valence-corrected chi connectivity index (χ2v) is 7.99. The fourth-order valence-electron chi connectivity index (χ4n) is 2.54. The molecule has 0 bridgehead atoms. The van der Waals surface area contributed by atoms with Crippen LogP contribution in [0.1, 0.15) is 17.6 Å². The van der Waals surface area contributed by atoms with Crippen molar-refractivity contribution in [3.8, 4) is 5.75 Å². The first-order chi connectivity index (χ1) is 13.1. The highest BCUT2D eigenvalue weighted by atomic mass is 35.5. The van der Waals surface area contributed by atoms with Crippen molar-refractivity contribution in [2.24, 2.45) is 0 Å². The summed E-state index contributed by atoms with van der Waals surface area (Å²) in [7, 11) is 1.55. The number of amides is 1. The lowest BCUT2D eigenvalue weighted by Crippen LogP contribution is -2.15. The van der Waals surface area contributed by atoms with Crippen LogP contribution in [-0.2, 0) is 17.8 Å². The summed E-state index contributed by atoms with van der Waals surface area (Å²) >= 11 is 9.05. The van der Waals surface area contributed by atoms with E-state index < -0.39 is 0 Å². The van der Waals surface area contributed by atoms with Crippen molar-refractivity contribution in [1.29, 1.82) is 0 Å². The summed E-state index contributed by atoms with van der Waals surface area (Å²) in [5, 5.41) is 14.7. The molecule has 1 N–H and O–H groups in total. The van der Waals surface area contributed by atoms with Gasteiger partial charge in [-0.25, -0.2) is 0 Å². The summed E-state index contributed by atoms with van der Waals surface area (Å²) in [6.07, 6.45) is 0.741. The van der Waals surface area contributed by atoms with E-state index in [2.05, 4.69) is 21.6 Å². The Hall–Kier alpha value is -2.03. The number of ether oxygens (including phenoxy) is 1. The molecule has 3 aromatic rings. The maximum atomic E-state index is 12.3. The zero-order valence-corrected chi connectivity index (χ0v) is 17.3. The number of thioether (sulfide) groups is 1. The number of hydrogen-bond donors (Lipinski definition) is 1. The number of hydrogen-bond acceptors (Lipinski definition) is 6. The van der Waals surface area contributed by atoms with Crippen LogP contribution in [0.25, 0.3) is 0 Å². The van der Waals surface area contributed by atoms with Gasteiger partial charge in [0.15, 0.2) is 5.16 Å². The quantitative estimate of drug-likeness (QED) is 0.547. The summed E-state index contributed by atoms with van der Waals surface area (Å²) in [6.45, 7) is 2.79. The Kier molecular flexibility index (Phi) is 6.76. The van der Waals surface area contributed by atoms with Crippen molar-refractivity contribution in [1.82, 2.24) is 14.8 Å². The number of nitrogens with zero attached hydrogens (tertiary/aromatic N) is 3. The molecule has 0 fully saturated rings. The molecule has 0 aliphatic carbocycles. The topological polar surface area (TPSA) is 69.0 Å². The average molecular weight is 423 g/mol. The number of benzene rings is 1. The van der Waals surface area contributed by atoms with E-state index in [4.69, 9.17) is 16.3 Å². The number of aromatic nitrogens is 3. The Bertz CT molecular complexity index is 912. The highest BCUT2D eigenvalue weighted by Gasteiger charge is 2.15. The van der Waals surface area contributed by atoms with E-state index in [0.29, 0.717) is 16.5 Å². The summed E-state index contributed by atoms with van der Waals surface area (Å²) in [4.78, 5) is 13.6. The minimum atomic E-state index is -0.161. The number of thiophene rings is 1. The molecule has 0 spiro atoms. The number of anilines is 1. The average Bonchev–Trinajstić information content (AvgIpc) is 3.30. The lowest BCUT2D eigenvalue weighted by Gasteiger charge is -2.10. The van der Waals surface area contributed by atoms with Gasteiger partial charge in [0.2, 0.25) is 5.91 Å². The third-order valence-electron chi connectivity index (χ3n) is 3.79. The first-order valence-corrected chi connectivity index (χ1v) is 10.6. The summed E-state index contributed by atoms with van der Waals surface area (Å²) < 4.78 is 7.29. The number of rotatable bonds is 8. The minimum absolute atomic E-state index is 0.161. The Labute approximate surface area is 170 Å². The standard InChI is InChI=1S/C18H19ClN4O2S2/c1-3-23-16(10-13-5-4-8-26-13)21-22-18(23)27-11-17(24)20-14-9-12(19)6-7-15(14)25-2/h4-9H,3,10-11H2,1-2H3,(H,20,24). The van der Waals surface area contributed by atoms with Gasteiger partial charge in [-0.05, 0) is 36.6 Å². The van der Waals surface area contributed by atoms with Crippen molar-refractivity contribution < 1.29 is 9.53 Å². The fourth-order valence-corrected chi connectivity index (χ4v) is 4.23. The molecule has 0 atom stereocenters. The van der Waals surface area contributed by atoms with Gasteiger partial charge in [0.25, 0.3) is 0 Å². The number of carbonyl (C=O) groups excluding carboxylic acids is 1. The summed E-state index contributed by atoms with van der Waals surface area (Å²) in [6, 6.07) is 9.20. The van der Waals surface area contributed by atoms with E-state index in [0.717, 1.165) is 23.9 Å². The van der Waals surface area contributed by atoms with Gasteiger partial charge in [-0.2, -0.15) is 0 Å². The summed E-state index contributed by atoms with van der Waals surface area (Å²) in [5.74, 6) is 1.52. The molecule has 0 saturated carbocycles. The van der Waals surface area contributed by atoms with E-state index >= 15 is 0 Å². The van der Waals surface area contributed by atoms with Gasteiger partial charge in [-0.15, -0.1) is 21.5 Å². The third-order valence-corrected chi connectivity index (χ3v) is 5.87. The van der Waals surface area contributed by atoms with Crippen LogP contribution in [0.5, 0.6) is 5.75 Å². The third kappa shape index (κ3) is 5.03.